The van der Waals surface area contributed by atoms with Crippen molar-refractivity contribution in [1.82, 2.24) is 20.0 Å². The monoisotopic (exact) mass is 451 g/mol. The predicted octanol–water partition coefficient (Wildman–Crippen LogP) is 3.30. The summed E-state index contributed by atoms with van der Waals surface area (Å²) in [5.41, 5.74) is 1.31. The number of nitrogens with one attached hydrogen (secondary N) is 2. The average molecular weight is 452 g/mol. The number of nitrogens with zero attached hydrogens (tertiary/aromatic N) is 3. The van der Waals surface area contributed by atoms with Crippen molar-refractivity contribution in [2.24, 2.45) is 0 Å². The Hall–Kier alpha value is -3.65. The average Bonchev–Trinajstić information content (AvgIpc) is 3.27. The summed E-state index contributed by atoms with van der Waals surface area (Å²) in [5, 5.41) is 10.2. The van der Waals surface area contributed by atoms with Crippen LogP contribution in [0.1, 0.15) is 23.6 Å². The number of carbonyl (C=O) groups excluding carboxylic acids is 3. The van der Waals surface area contributed by atoms with E-state index in [-0.39, 0.29) is 0 Å². The number of benzene rings is 2. The van der Waals surface area contributed by atoms with Gasteiger partial charge in [-0.3, -0.25) is 14.5 Å². The fourth-order valence-electron chi connectivity index (χ4n) is 3.60. The lowest BCUT2D eigenvalue weighted by Crippen LogP contribution is -2.42. The summed E-state index contributed by atoms with van der Waals surface area (Å²) < 4.78 is 1.58. The van der Waals surface area contributed by atoms with Gasteiger partial charge in [0.05, 0.1) is 12.7 Å². The first-order chi connectivity index (χ1) is 15.3. The van der Waals surface area contributed by atoms with Crippen molar-refractivity contribution in [3.63, 3.8) is 0 Å². The summed E-state index contributed by atoms with van der Waals surface area (Å²) in [6.45, 7) is 3.52. The second-order valence-corrected chi connectivity index (χ2v) is 8.23. The molecule has 2 heterocycles. The molecule has 2 N–H and O–H groups in total. The number of aromatic nitrogens is 2. The summed E-state index contributed by atoms with van der Waals surface area (Å²) >= 11 is 6.21. The highest BCUT2D eigenvalue weighted by Crippen LogP contribution is 2.29. The van der Waals surface area contributed by atoms with Gasteiger partial charge in [-0.2, -0.15) is 5.10 Å². The molecule has 3 aromatic rings. The molecule has 1 atom stereocenters. The van der Waals surface area contributed by atoms with Crippen molar-refractivity contribution in [3.05, 3.63) is 82.5 Å². The van der Waals surface area contributed by atoms with Gasteiger partial charge < -0.3 is 10.6 Å². The number of anilines is 1. The topological polar surface area (TPSA) is 96.3 Å². The number of halogens is 1. The summed E-state index contributed by atoms with van der Waals surface area (Å²) in [6, 6.07) is 15.7. The second-order valence-electron chi connectivity index (χ2n) is 7.83. The van der Waals surface area contributed by atoms with Gasteiger partial charge in [-0.25, -0.2) is 9.48 Å². The Morgan fingerprint density at radius 1 is 1.12 bits per heavy atom. The smallest absolute Gasteiger partial charge is 0.319 e. The molecule has 2 aromatic carbocycles. The van der Waals surface area contributed by atoms with Crippen LogP contribution in [0.15, 0.2) is 60.8 Å². The number of imide groups is 1. The van der Waals surface area contributed by atoms with Gasteiger partial charge in [-0.15, -0.1) is 0 Å². The van der Waals surface area contributed by atoms with Crippen LogP contribution < -0.4 is 10.6 Å². The van der Waals surface area contributed by atoms with E-state index in [9.17, 15) is 14.4 Å². The van der Waals surface area contributed by atoms with Crippen molar-refractivity contribution < 1.29 is 14.4 Å². The third-order valence-corrected chi connectivity index (χ3v) is 5.84. The van der Waals surface area contributed by atoms with E-state index >= 15 is 0 Å². The van der Waals surface area contributed by atoms with Crippen molar-refractivity contribution in [1.29, 1.82) is 0 Å². The van der Waals surface area contributed by atoms with Crippen molar-refractivity contribution in [3.8, 4) is 0 Å². The van der Waals surface area contributed by atoms with E-state index in [1.54, 1.807) is 42.1 Å². The van der Waals surface area contributed by atoms with Crippen LogP contribution in [0, 0.1) is 6.92 Å². The summed E-state index contributed by atoms with van der Waals surface area (Å²) in [7, 11) is 0. The SMILES string of the molecule is Cc1ccc(C2(C)NC(=O)N(CC(=O)Nc3ccnn3Cc3ccccc3Cl)C2=O)cc1. The van der Waals surface area contributed by atoms with Gasteiger partial charge in [0.25, 0.3) is 5.91 Å². The van der Waals surface area contributed by atoms with Crippen LogP contribution in [0.25, 0.3) is 0 Å². The standard InChI is InChI=1S/C23H22ClN5O3/c1-15-7-9-17(10-8-15)23(2)21(31)28(22(32)27-23)14-20(30)26-19-11-12-25-29(19)13-16-5-3-4-6-18(16)24/h3-12H,13-14H2,1-2H3,(H,26,30)(H,27,32). The third-order valence-electron chi connectivity index (χ3n) is 5.47. The molecule has 1 aliphatic heterocycles. The molecule has 0 aliphatic carbocycles. The maximum absolute atomic E-state index is 13.0. The Balaban J connectivity index is 1.46. The molecule has 32 heavy (non-hydrogen) atoms. The lowest BCUT2D eigenvalue weighted by atomic mass is 9.91. The molecule has 1 aliphatic rings. The van der Waals surface area contributed by atoms with E-state index in [1.165, 1.54) is 0 Å². The minimum Gasteiger partial charge on any atom is -0.319 e. The Bertz CT molecular complexity index is 1190. The zero-order chi connectivity index (χ0) is 22.9. The molecule has 9 heteroatoms. The molecule has 0 saturated carbocycles. The number of rotatable bonds is 6. The molecule has 8 nitrogen and oxygen atoms in total. The Morgan fingerprint density at radius 2 is 1.84 bits per heavy atom. The third kappa shape index (κ3) is 4.09. The Labute approximate surface area is 190 Å². The first kappa shape index (κ1) is 21.6. The second kappa shape index (κ2) is 8.47. The van der Waals surface area contributed by atoms with Gasteiger partial charge >= 0.3 is 6.03 Å². The normalized spacial score (nSPS) is 18.0. The fourth-order valence-corrected chi connectivity index (χ4v) is 3.80. The van der Waals surface area contributed by atoms with E-state index < -0.39 is 29.9 Å². The molecule has 1 saturated heterocycles. The molecular formula is C23H22ClN5O3. The number of aryl methyl sites for hydroxylation is 1. The van der Waals surface area contributed by atoms with Crippen LogP contribution in [0.3, 0.4) is 0 Å². The maximum Gasteiger partial charge on any atom is 0.325 e. The fraction of sp³-hybridized carbons (Fsp3) is 0.217. The summed E-state index contributed by atoms with van der Waals surface area (Å²) in [6.07, 6.45) is 1.55. The largest absolute Gasteiger partial charge is 0.325 e. The van der Waals surface area contributed by atoms with E-state index in [0.717, 1.165) is 16.0 Å². The molecule has 164 valence electrons. The number of amides is 4. The minimum absolute atomic E-state index is 0.358. The molecule has 1 unspecified atom stereocenters. The van der Waals surface area contributed by atoms with Crippen LogP contribution in [0.5, 0.6) is 0 Å². The highest BCUT2D eigenvalue weighted by Gasteiger charge is 2.49. The number of carbonyl (C=O) groups is 3. The Kier molecular flexibility index (Phi) is 5.71. The first-order valence-electron chi connectivity index (χ1n) is 10.0. The van der Waals surface area contributed by atoms with Crippen molar-refractivity contribution in [2.45, 2.75) is 25.9 Å². The summed E-state index contributed by atoms with van der Waals surface area (Å²) in [4.78, 5) is 39.1. The first-order valence-corrected chi connectivity index (χ1v) is 10.4. The van der Waals surface area contributed by atoms with Crippen LogP contribution in [-0.4, -0.2) is 39.1 Å². The zero-order valence-corrected chi connectivity index (χ0v) is 18.4. The number of hydrogen-bond acceptors (Lipinski definition) is 4. The number of hydrogen-bond donors (Lipinski definition) is 2. The van der Waals surface area contributed by atoms with Crippen LogP contribution in [-0.2, 0) is 21.7 Å². The molecule has 0 radical (unpaired) electrons. The van der Waals surface area contributed by atoms with E-state index in [1.807, 2.05) is 37.3 Å². The molecule has 1 fully saturated rings. The van der Waals surface area contributed by atoms with E-state index in [0.29, 0.717) is 22.9 Å². The van der Waals surface area contributed by atoms with Crippen molar-refractivity contribution >= 4 is 35.3 Å². The molecule has 1 aromatic heterocycles. The van der Waals surface area contributed by atoms with Crippen LogP contribution in [0.4, 0.5) is 10.6 Å². The summed E-state index contributed by atoms with van der Waals surface area (Å²) in [5.74, 6) is -0.558. The molecule has 4 amide bonds. The lowest BCUT2D eigenvalue weighted by molar-refractivity contribution is -0.133. The molecule has 4 rings (SSSR count). The van der Waals surface area contributed by atoms with Gasteiger partial charge in [0.15, 0.2) is 0 Å². The van der Waals surface area contributed by atoms with Crippen LogP contribution >= 0.6 is 11.6 Å². The lowest BCUT2D eigenvalue weighted by Gasteiger charge is -2.22. The van der Waals surface area contributed by atoms with Gasteiger partial charge in [0, 0.05) is 11.1 Å². The van der Waals surface area contributed by atoms with Gasteiger partial charge in [0.1, 0.15) is 17.9 Å². The molecule has 0 bridgehead atoms. The quantitative estimate of drug-likeness (QED) is 0.562. The highest BCUT2D eigenvalue weighted by atomic mass is 35.5. The predicted molar refractivity (Wildman–Crippen MR) is 120 cm³/mol. The highest BCUT2D eigenvalue weighted by molar-refractivity contribution is 6.31. The van der Waals surface area contributed by atoms with Gasteiger partial charge in [-0.1, -0.05) is 59.6 Å². The van der Waals surface area contributed by atoms with Crippen molar-refractivity contribution in [2.75, 3.05) is 11.9 Å². The number of urea groups is 1. The minimum atomic E-state index is -1.23. The van der Waals surface area contributed by atoms with Crippen LogP contribution in [0.2, 0.25) is 5.02 Å². The molecule has 0 spiro atoms. The zero-order valence-electron chi connectivity index (χ0n) is 17.6. The maximum atomic E-state index is 13.0. The Morgan fingerprint density at radius 3 is 2.56 bits per heavy atom. The van der Waals surface area contributed by atoms with Gasteiger partial charge in [-0.05, 0) is 31.0 Å². The van der Waals surface area contributed by atoms with E-state index in [4.69, 9.17) is 11.6 Å². The van der Waals surface area contributed by atoms with E-state index in [2.05, 4.69) is 15.7 Å². The molecular weight excluding hydrogens is 430 g/mol. The van der Waals surface area contributed by atoms with Gasteiger partial charge in [0.2, 0.25) is 5.91 Å².